The predicted octanol–water partition coefficient (Wildman–Crippen LogP) is 1.80. The van der Waals surface area contributed by atoms with Gasteiger partial charge >= 0.3 is 84.2 Å². The topological polar surface area (TPSA) is 0 Å². The zero-order valence-corrected chi connectivity index (χ0v) is 9.81. The van der Waals surface area contributed by atoms with Crippen LogP contribution in [0.1, 0.15) is 25.7 Å². The Morgan fingerprint density at radius 2 is 1.30 bits per heavy atom. The van der Waals surface area contributed by atoms with Gasteiger partial charge in [0.25, 0.3) is 0 Å². The molecule has 0 aromatic carbocycles. The summed E-state index contributed by atoms with van der Waals surface area (Å²) in [5, 5.41) is 0. The van der Waals surface area contributed by atoms with Crippen LogP contribution in [0.5, 0.6) is 0 Å². The molecule has 0 aromatic heterocycles. The normalized spacial score (nSPS) is 32.2. The van der Waals surface area contributed by atoms with Gasteiger partial charge in [0, 0.05) is 0 Å². The first-order valence-corrected chi connectivity index (χ1v) is 5.64. The first-order chi connectivity index (χ1) is 4.88. The van der Waals surface area contributed by atoms with Crippen molar-refractivity contribution in [1.82, 2.24) is 0 Å². The average molecular weight is 298 g/mol. The minimum atomic E-state index is 0.714. The molecular weight excluding hydrogens is 288 g/mol. The van der Waals surface area contributed by atoms with Gasteiger partial charge in [0.15, 0.2) is 0 Å². The maximum atomic E-state index is 3.35. The molecule has 0 nitrogen and oxygen atoms in total. The number of hydrogen-bond acceptors (Lipinski definition) is 0. The van der Waals surface area contributed by atoms with E-state index in [9.17, 15) is 0 Å². The van der Waals surface area contributed by atoms with Crippen molar-refractivity contribution in [2.75, 3.05) is 0 Å². The van der Waals surface area contributed by atoms with Crippen molar-refractivity contribution in [3.05, 3.63) is 0 Å². The van der Waals surface area contributed by atoms with E-state index in [2.05, 4.69) is 8.40 Å². The van der Waals surface area contributed by atoms with Gasteiger partial charge in [-0.25, -0.2) is 0 Å². The summed E-state index contributed by atoms with van der Waals surface area (Å²) in [7, 11) is 0. The second kappa shape index (κ2) is 4.74. The Morgan fingerprint density at radius 1 is 0.900 bits per heavy atom. The summed E-state index contributed by atoms with van der Waals surface area (Å²) >= 11 is 3.98. The van der Waals surface area contributed by atoms with Gasteiger partial charge in [0.2, 0.25) is 0 Å². The van der Waals surface area contributed by atoms with E-state index in [1.165, 1.54) is 25.7 Å². The second-order valence-corrected chi connectivity index (χ2v) is 3.89. The van der Waals surface area contributed by atoms with E-state index in [0.717, 1.165) is 0 Å². The molecule has 0 amide bonds. The molecule has 0 radical (unpaired) electrons. The maximum absolute atomic E-state index is 3.35. The molecule has 2 atom stereocenters. The second-order valence-electron chi connectivity index (χ2n) is 2.73. The van der Waals surface area contributed by atoms with Crippen LogP contribution in [-0.4, -0.2) is 0 Å². The van der Waals surface area contributed by atoms with Gasteiger partial charge in [-0.2, -0.15) is 0 Å². The summed E-state index contributed by atoms with van der Waals surface area (Å²) in [4.78, 5) is 0. The van der Waals surface area contributed by atoms with Crippen LogP contribution in [0, 0.1) is 20.2 Å². The van der Waals surface area contributed by atoms with Gasteiger partial charge in [-0.05, 0) is 0 Å². The molecule has 1 fully saturated rings. The Labute approximate surface area is 83.8 Å². The van der Waals surface area contributed by atoms with E-state index in [4.69, 9.17) is 0 Å². The molecular formula is C8H10Mo2. The van der Waals surface area contributed by atoms with Gasteiger partial charge in [-0.1, -0.05) is 0 Å². The summed E-state index contributed by atoms with van der Waals surface area (Å²) in [6.07, 6.45) is 5.47. The summed E-state index contributed by atoms with van der Waals surface area (Å²) in [5.41, 5.74) is 0. The van der Waals surface area contributed by atoms with Crippen molar-refractivity contribution < 1.29 is 38.3 Å². The molecule has 1 aliphatic rings. The molecule has 0 saturated heterocycles. The molecule has 0 heterocycles. The van der Waals surface area contributed by atoms with Crippen LogP contribution in [0.3, 0.4) is 0 Å². The monoisotopic (exact) mass is 302 g/mol. The average Bonchev–Trinajstić information content (AvgIpc) is 2.04. The molecule has 1 saturated carbocycles. The van der Waals surface area contributed by atoms with E-state index in [-0.39, 0.29) is 0 Å². The Balaban J connectivity index is 2.54. The molecule has 1 aliphatic carbocycles. The van der Waals surface area contributed by atoms with Gasteiger partial charge in [0.1, 0.15) is 0 Å². The molecule has 2 heteroatoms. The molecule has 0 spiro atoms. The fourth-order valence-electron chi connectivity index (χ4n) is 1.41. The van der Waals surface area contributed by atoms with Gasteiger partial charge < -0.3 is 0 Å². The first kappa shape index (κ1) is 9.03. The van der Waals surface area contributed by atoms with Crippen LogP contribution in [-0.2, 0) is 38.3 Å². The molecule has 2 unspecified atom stereocenters. The molecule has 0 aliphatic heterocycles. The SMILES string of the molecule is [Mo]#[C]C1CCCCC1[C]#[Mo]. The summed E-state index contributed by atoms with van der Waals surface area (Å²) < 4.78 is 6.71. The van der Waals surface area contributed by atoms with E-state index in [1.54, 1.807) is 0 Å². The molecule has 0 bridgehead atoms. The molecule has 10 heavy (non-hydrogen) atoms. The van der Waals surface area contributed by atoms with E-state index < -0.39 is 0 Å². The van der Waals surface area contributed by atoms with Crippen molar-refractivity contribution in [3.8, 4) is 8.40 Å². The van der Waals surface area contributed by atoms with Crippen molar-refractivity contribution in [3.63, 3.8) is 0 Å². The number of rotatable bonds is 0. The van der Waals surface area contributed by atoms with Crippen molar-refractivity contribution in [1.29, 1.82) is 0 Å². The third-order valence-corrected chi connectivity index (χ3v) is 3.56. The van der Waals surface area contributed by atoms with E-state index in [0.29, 0.717) is 11.8 Å². The fourth-order valence-corrected chi connectivity index (χ4v) is 2.80. The van der Waals surface area contributed by atoms with Crippen LogP contribution >= 0.6 is 0 Å². The fraction of sp³-hybridized carbons (Fsp3) is 0.750. The zero-order valence-electron chi connectivity index (χ0n) is 5.80. The van der Waals surface area contributed by atoms with Crippen LogP contribution in [0.25, 0.3) is 0 Å². The van der Waals surface area contributed by atoms with Crippen LogP contribution in [0.4, 0.5) is 0 Å². The van der Waals surface area contributed by atoms with Gasteiger partial charge in [0.05, 0.1) is 0 Å². The Kier molecular flexibility index (Phi) is 4.28. The number of hydrogen-bond donors (Lipinski definition) is 0. The third kappa shape index (κ3) is 2.22. The minimum absolute atomic E-state index is 0.714. The van der Waals surface area contributed by atoms with Crippen LogP contribution in [0.15, 0.2) is 0 Å². The van der Waals surface area contributed by atoms with Crippen molar-refractivity contribution in [2.24, 2.45) is 11.8 Å². The molecule has 0 N–H and O–H groups in total. The summed E-state index contributed by atoms with van der Waals surface area (Å²) in [6.45, 7) is 0. The Morgan fingerprint density at radius 3 is 1.60 bits per heavy atom. The van der Waals surface area contributed by atoms with Crippen molar-refractivity contribution >= 4 is 0 Å². The predicted molar refractivity (Wildman–Crippen MR) is 33.2 cm³/mol. The summed E-state index contributed by atoms with van der Waals surface area (Å²) in [5.74, 6) is 1.43. The Bertz CT molecular complexity index is 162. The Hall–Kier alpha value is 0.937. The molecule has 0 aromatic rings. The quantitative estimate of drug-likeness (QED) is 0.598. The molecule has 54 valence electrons. The van der Waals surface area contributed by atoms with Crippen LogP contribution in [0.2, 0.25) is 0 Å². The van der Waals surface area contributed by atoms with Gasteiger partial charge in [-0.15, -0.1) is 0 Å². The van der Waals surface area contributed by atoms with Crippen molar-refractivity contribution in [2.45, 2.75) is 25.7 Å². The molecule has 1 rings (SSSR count). The van der Waals surface area contributed by atoms with Crippen LogP contribution < -0.4 is 0 Å². The zero-order chi connectivity index (χ0) is 7.40. The van der Waals surface area contributed by atoms with E-state index >= 15 is 0 Å². The standard InChI is InChI=1S/C8H10.2Mo/c1-7-5-3-4-6-8(7)2;;/h7-8H,3-6H2;;. The summed E-state index contributed by atoms with van der Waals surface area (Å²) in [6, 6.07) is 0. The first-order valence-electron chi connectivity index (χ1n) is 3.64. The van der Waals surface area contributed by atoms with E-state index in [1.807, 2.05) is 38.3 Å². The van der Waals surface area contributed by atoms with Gasteiger partial charge in [-0.3, -0.25) is 0 Å². The third-order valence-electron chi connectivity index (χ3n) is 2.07.